The van der Waals surface area contributed by atoms with Crippen LogP contribution in [0.5, 0.6) is 0 Å². The second-order valence-corrected chi connectivity index (χ2v) is 8.01. The van der Waals surface area contributed by atoms with E-state index < -0.39 is 4.92 Å². The molecular formula is C24H21N5O3. The second-order valence-electron chi connectivity index (χ2n) is 8.01. The van der Waals surface area contributed by atoms with Crippen molar-refractivity contribution in [3.63, 3.8) is 0 Å². The Bertz CT molecular complexity index is 1350. The van der Waals surface area contributed by atoms with Crippen molar-refractivity contribution < 1.29 is 9.72 Å². The lowest BCUT2D eigenvalue weighted by molar-refractivity contribution is -0.384. The molecule has 2 aromatic carbocycles. The van der Waals surface area contributed by atoms with Crippen LogP contribution in [0.25, 0.3) is 11.5 Å². The first kappa shape index (κ1) is 19.7. The van der Waals surface area contributed by atoms with Crippen LogP contribution < -0.4 is 0 Å². The van der Waals surface area contributed by atoms with E-state index in [-0.39, 0.29) is 11.6 Å². The van der Waals surface area contributed by atoms with E-state index in [1.807, 2.05) is 33.8 Å². The summed E-state index contributed by atoms with van der Waals surface area (Å²) in [5, 5.41) is 16.0. The fraction of sp³-hybridized carbons (Fsp3) is 0.167. The highest BCUT2D eigenvalue weighted by Crippen LogP contribution is 2.32. The first-order valence-corrected chi connectivity index (χ1v) is 10.3. The Hall–Kier alpha value is -4.20. The van der Waals surface area contributed by atoms with Crippen LogP contribution in [-0.2, 0) is 13.1 Å². The fourth-order valence-electron chi connectivity index (χ4n) is 4.23. The molecule has 0 saturated carbocycles. The highest BCUT2D eigenvalue weighted by atomic mass is 16.6. The molecule has 0 unspecified atom stereocenters. The molecule has 32 heavy (non-hydrogen) atoms. The van der Waals surface area contributed by atoms with E-state index in [0.29, 0.717) is 18.7 Å². The van der Waals surface area contributed by atoms with E-state index in [0.717, 1.165) is 28.3 Å². The first-order chi connectivity index (χ1) is 15.4. The molecule has 5 rings (SSSR count). The summed E-state index contributed by atoms with van der Waals surface area (Å²) < 4.78 is 3.95. The number of aromatic nitrogens is 3. The summed E-state index contributed by atoms with van der Waals surface area (Å²) in [7, 11) is 0. The lowest BCUT2D eigenvalue weighted by Crippen LogP contribution is -2.26. The number of fused-ring (bicyclic) bond motifs is 1. The molecule has 3 heterocycles. The maximum absolute atomic E-state index is 13.1. The van der Waals surface area contributed by atoms with E-state index in [1.165, 1.54) is 23.8 Å². The van der Waals surface area contributed by atoms with Gasteiger partial charge in [-0.1, -0.05) is 23.8 Å². The average molecular weight is 427 g/mol. The zero-order valence-electron chi connectivity index (χ0n) is 17.7. The molecule has 0 saturated heterocycles. The Balaban J connectivity index is 1.54. The normalized spacial score (nSPS) is 12.8. The molecule has 8 heteroatoms. The molecular weight excluding hydrogens is 406 g/mol. The van der Waals surface area contributed by atoms with E-state index >= 15 is 0 Å². The van der Waals surface area contributed by atoms with Gasteiger partial charge in [-0.25, -0.2) is 4.68 Å². The van der Waals surface area contributed by atoms with Crippen molar-refractivity contribution >= 4 is 11.6 Å². The van der Waals surface area contributed by atoms with Crippen LogP contribution in [-0.4, -0.2) is 30.1 Å². The van der Waals surface area contributed by atoms with Gasteiger partial charge in [-0.15, -0.1) is 0 Å². The van der Waals surface area contributed by atoms with Crippen molar-refractivity contribution in [2.75, 3.05) is 0 Å². The van der Waals surface area contributed by atoms with E-state index in [4.69, 9.17) is 5.10 Å². The second kappa shape index (κ2) is 7.49. The molecule has 0 fully saturated rings. The lowest BCUT2D eigenvalue weighted by atomic mass is 10.1. The van der Waals surface area contributed by atoms with E-state index in [1.54, 1.807) is 11.0 Å². The number of amides is 1. The summed E-state index contributed by atoms with van der Waals surface area (Å²) in [5.74, 6) is 0.648. The molecule has 0 aliphatic carbocycles. The van der Waals surface area contributed by atoms with Crippen molar-refractivity contribution in [2.24, 2.45) is 0 Å². The van der Waals surface area contributed by atoms with Crippen LogP contribution >= 0.6 is 0 Å². The third-order valence-electron chi connectivity index (χ3n) is 5.75. The summed E-state index contributed by atoms with van der Waals surface area (Å²) >= 11 is 0. The molecule has 1 aliphatic heterocycles. The number of hydrogen-bond acceptors (Lipinski definition) is 4. The summed E-state index contributed by atoms with van der Waals surface area (Å²) in [6.45, 7) is 4.86. The highest BCUT2D eigenvalue weighted by Gasteiger charge is 2.32. The van der Waals surface area contributed by atoms with Crippen LogP contribution in [0.4, 0.5) is 5.69 Å². The number of non-ortho nitro benzene ring substituents is 1. The number of nitrogens with zero attached hydrogens (tertiary/aromatic N) is 5. The van der Waals surface area contributed by atoms with Gasteiger partial charge >= 0.3 is 0 Å². The molecule has 160 valence electrons. The highest BCUT2D eigenvalue weighted by molar-refractivity contribution is 5.95. The van der Waals surface area contributed by atoms with Gasteiger partial charge in [-0.2, -0.15) is 5.10 Å². The van der Waals surface area contributed by atoms with Gasteiger partial charge < -0.3 is 9.47 Å². The monoisotopic (exact) mass is 427 g/mol. The maximum atomic E-state index is 13.1. The molecule has 1 amide bonds. The SMILES string of the molecule is Cc1ccc(-n2nc3c(c2-n2cccc2)CN(C(=O)c2cccc([N+](=O)[O-])c2)C3)c(C)c1. The van der Waals surface area contributed by atoms with Crippen molar-refractivity contribution in [3.8, 4) is 11.5 Å². The van der Waals surface area contributed by atoms with Gasteiger partial charge in [0.05, 0.1) is 29.4 Å². The molecule has 2 aromatic heterocycles. The maximum Gasteiger partial charge on any atom is 0.270 e. The van der Waals surface area contributed by atoms with Gasteiger partial charge in [-0.3, -0.25) is 14.9 Å². The largest absolute Gasteiger partial charge is 0.328 e. The van der Waals surface area contributed by atoms with Crippen molar-refractivity contribution in [1.82, 2.24) is 19.2 Å². The standard InChI is InChI=1S/C24H21N5O3/c1-16-8-9-22(17(2)12-16)28-23(26-10-3-4-11-26)20-14-27(15-21(20)25-28)24(30)18-6-5-7-19(13-18)29(31)32/h3-13H,14-15H2,1-2H3. The van der Waals surface area contributed by atoms with Gasteiger partial charge in [0, 0.05) is 35.7 Å². The fourth-order valence-corrected chi connectivity index (χ4v) is 4.23. The van der Waals surface area contributed by atoms with Crippen LogP contribution in [0.15, 0.2) is 67.0 Å². The van der Waals surface area contributed by atoms with Crippen molar-refractivity contribution in [2.45, 2.75) is 26.9 Å². The number of rotatable bonds is 4. The Kier molecular flexibility index (Phi) is 4.62. The summed E-state index contributed by atoms with van der Waals surface area (Å²) in [4.78, 5) is 25.4. The topological polar surface area (TPSA) is 86.2 Å². The van der Waals surface area contributed by atoms with Crippen LogP contribution in [0, 0.1) is 24.0 Å². The molecule has 0 spiro atoms. The molecule has 8 nitrogen and oxygen atoms in total. The zero-order valence-corrected chi connectivity index (χ0v) is 17.7. The van der Waals surface area contributed by atoms with Crippen LogP contribution in [0.2, 0.25) is 0 Å². The van der Waals surface area contributed by atoms with Gasteiger partial charge in [0.1, 0.15) is 5.82 Å². The van der Waals surface area contributed by atoms with Crippen molar-refractivity contribution in [3.05, 3.63) is 105 Å². The average Bonchev–Trinajstić information content (AvgIpc) is 3.49. The van der Waals surface area contributed by atoms with Gasteiger partial charge in [-0.05, 0) is 43.7 Å². The van der Waals surface area contributed by atoms with Gasteiger partial charge in [0.15, 0.2) is 0 Å². The number of carbonyl (C=O) groups excluding carboxylic acids is 1. The summed E-state index contributed by atoms with van der Waals surface area (Å²) in [6.07, 6.45) is 3.92. The van der Waals surface area contributed by atoms with Gasteiger partial charge in [0.2, 0.25) is 0 Å². The first-order valence-electron chi connectivity index (χ1n) is 10.3. The quantitative estimate of drug-likeness (QED) is 0.358. The molecule has 4 aromatic rings. The van der Waals surface area contributed by atoms with E-state index in [9.17, 15) is 14.9 Å². The molecule has 0 bridgehead atoms. The molecule has 0 N–H and O–H groups in total. The van der Waals surface area contributed by atoms with Crippen LogP contribution in [0.1, 0.15) is 32.7 Å². The minimum atomic E-state index is -0.492. The third-order valence-corrected chi connectivity index (χ3v) is 5.75. The minimum absolute atomic E-state index is 0.0964. The Morgan fingerprint density at radius 2 is 1.81 bits per heavy atom. The number of benzene rings is 2. The third kappa shape index (κ3) is 3.26. The summed E-state index contributed by atoms with van der Waals surface area (Å²) in [5.41, 5.74) is 5.29. The number of carbonyl (C=O) groups is 1. The predicted molar refractivity (Wildman–Crippen MR) is 119 cm³/mol. The van der Waals surface area contributed by atoms with Crippen molar-refractivity contribution in [1.29, 1.82) is 0 Å². The Morgan fingerprint density at radius 1 is 1.03 bits per heavy atom. The Morgan fingerprint density at radius 3 is 2.53 bits per heavy atom. The lowest BCUT2D eigenvalue weighted by Gasteiger charge is -2.18. The molecule has 1 aliphatic rings. The Labute approximate surface area is 184 Å². The van der Waals surface area contributed by atoms with Crippen LogP contribution in [0.3, 0.4) is 0 Å². The number of nitro benzene ring substituents is 1. The minimum Gasteiger partial charge on any atom is -0.328 e. The predicted octanol–water partition coefficient (Wildman–Crippen LogP) is 4.34. The van der Waals surface area contributed by atoms with E-state index in [2.05, 4.69) is 32.0 Å². The zero-order chi connectivity index (χ0) is 22.4. The molecule has 0 radical (unpaired) electrons. The summed E-state index contributed by atoms with van der Waals surface area (Å²) in [6, 6.07) is 16.0. The smallest absolute Gasteiger partial charge is 0.270 e. The molecule has 0 atom stereocenters. The van der Waals surface area contributed by atoms with Gasteiger partial charge in [0.25, 0.3) is 11.6 Å². The number of aryl methyl sites for hydroxylation is 2. The number of hydrogen-bond donors (Lipinski definition) is 0. The number of nitro groups is 1.